The Morgan fingerprint density at radius 2 is 2.20 bits per heavy atom. The molecule has 104 valence electrons. The molecule has 0 radical (unpaired) electrons. The van der Waals surface area contributed by atoms with Crippen LogP contribution >= 0.6 is 0 Å². The lowest BCUT2D eigenvalue weighted by Gasteiger charge is -2.07. The van der Waals surface area contributed by atoms with Crippen LogP contribution in [0.25, 0.3) is 0 Å². The van der Waals surface area contributed by atoms with E-state index in [1.165, 1.54) is 0 Å². The van der Waals surface area contributed by atoms with Crippen LogP contribution in [0.1, 0.15) is 16.1 Å². The van der Waals surface area contributed by atoms with Crippen molar-refractivity contribution in [3.8, 4) is 5.75 Å². The molecule has 20 heavy (non-hydrogen) atoms. The predicted molar refractivity (Wildman–Crippen MR) is 77.7 cm³/mol. The van der Waals surface area contributed by atoms with Crippen LogP contribution in [0.2, 0.25) is 0 Å². The number of carbonyl (C=O) groups excluding carboxylic acids is 1. The lowest BCUT2D eigenvalue weighted by atomic mass is 10.1. The van der Waals surface area contributed by atoms with E-state index in [1.807, 2.05) is 18.2 Å². The van der Waals surface area contributed by atoms with Gasteiger partial charge in [-0.15, -0.1) is 0 Å². The monoisotopic (exact) mass is 271 g/mol. The van der Waals surface area contributed by atoms with Crippen molar-refractivity contribution in [1.29, 1.82) is 0 Å². The van der Waals surface area contributed by atoms with E-state index in [0.29, 0.717) is 23.5 Å². The van der Waals surface area contributed by atoms with E-state index in [1.54, 1.807) is 31.5 Å². The molecule has 0 unspecified atom stereocenters. The van der Waals surface area contributed by atoms with Crippen LogP contribution in [0.15, 0.2) is 42.6 Å². The highest BCUT2D eigenvalue weighted by Gasteiger charge is 2.08. The summed E-state index contributed by atoms with van der Waals surface area (Å²) in [5, 5.41) is 3.06. The minimum atomic E-state index is -0.0183. The Hall–Kier alpha value is -2.40. The van der Waals surface area contributed by atoms with Gasteiger partial charge in [0, 0.05) is 18.3 Å². The maximum Gasteiger partial charge on any atom is 0.176 e. The van der Waals surface area contributed by atoms with Crippen LogP contribution in [0.5, 0.6) is 5.75 Å². The van der Waals surface area contributed by atoms with Crippen LogP contribution in [-0.2, 0) is 6.54 Å². The number of ketones is 1. The highest BCUT2D eigenvalue weighted by molar-refractivity contribution is 5.98. The summed E-state index contributed by atoms with van der Waals surface area (Å²) in [5.41, 5.74) is 7.71. The number of Topliss-reactive ketones (excluding diaryl/α,β-unsaturated/α-hetero) is 1. The third kappa shape index (κ3) is 3.55. The molecule has 2 rings (SSSR count). The van der Waals surface area contributed by atoms with Crippen molar-refractivity contribution in [3.05, 3.63) is 53.9 Å². The Kier molecular flexibility index (Phi) is 4.68. The Labute approximate surface area is 117 Å². The van der Waals surface area contributed by atoms with Crippen molar-refractivity contribution in [2.24, 2.45) is 0 Å². The molecule has 5 nitrogen and oxygen atoms in total. The van der Waals surface area contributed by atoms with Crippen LogP contribution in [0, 0.1) is 0 Å². The van der Waals surface area contributed by atoms with E-state index >= 15 is 0 Å². The quantitative estimate of drug-likeness (QED) is 0.617. The van der Waals surface area contributed by atoms with Crippen LogP contribution in [0.4, 0.5) is 5.69 Å². The fourth-order valence-electron chi connectivity index (χ4n) is 1.82. The summed E-state index contributed by atoms with van der Waals surface area (Å²) < 4.78 is 5.06. The Morgan fingerprint density at radius 1 is 1.35 bits per heavy atom. The van der Waals surface area contributed by atoms with Crippen molar-refractivity contribution < 1.29 is 9.53 Å². The lowest BCUT2D eigenvalue weighted by Crippen LogP contribution is -2.23. The van der Waals surface area contributed by atoms with E-state index < -0.39 is 0 Å². The SMILES string of the molecule is COc1ccc(C(=O)CNCc2ccccn2)cc1N. The number of rotatable bonds is 6. The van der Waals surface area contributed by atoms with Crippen molar-refractivity contribution in [1.82, 2.24) is 10.3 Å². The summed E-state index contributed by atoms with van der Waals surface area (Å²) in [5.74, 6) is 0.554. The van der Waals surface area contributed by atoms with Gasteiger partial charge in [-0.3, -0.25) is 9.78 Å². The van der Waals surface area contributed by atoms with Gasteiger partial charge in [0.25, 0.3) is 0 Å². The van der Waals surface area contributed by atoms with Gasteiger partial charge in [0.05, 0.1) is 25.0 Å². The number of pyridine rings is 1. The average Bonchev–Trinajstić information content (AvgIpc) is 2.48. The smallest absolute Gasteiger partial charge is 0.176 e. The molecular formula is C15H17N3O2. The number of methoxy groups -OCH3 is 1. The largest absolute Gasteiger partial charge is 0.495 e. The topological polar surface area (TPSA) is 77.2 Å². The number of benzene rings is 1. The summed E-state index contributed by atoms with van der Waals surface area (Å²) >= 11 is 0. The van der Waals surface area contributed by atoms with Gasteiger partial charge >= 0.3 is 0 Å². The summed E-state index contributed by atoms with van der Waals surface area (Å²) in [7, 11) is 1.54. The second-order valence-electron chi connectivity index (χ2n) is 4.30. The van der Waals surface area contributed by atoms with Gasteiger partial charge < -0.3 is 15.8 Å². The first kappa shape index (κ1) is 14.0. The number of hydrogen-bond acceptors (Lipinski definition) is 5. The molecule has 0 atom stereocenters. The second kappa shape index (κ2) is 6.68. The summed E-state index contributed by atoms with van der Waals surface area (Å²) in [6, 6.07) is 10.7. The number of nitrogen functional groups attached to an aromatic ring is 1. The molecule has 0 fully saturated rings. The van der Waals surface area contributed by atoms with Gasteiger partial charge in [0.1, 0.15) is 5.75 Å². The molecule has 1 heterocycles. The van der Waals surface area contributed by atoms with Gasteiger partial charge in [-0.1, -0.05) is 6.07 Å². The minimum Gasteiger partial charge on any atom is -0.495 e. The molecule has 1 aromatic heterocycles. The van der Waals surface area contributed by atoms with Gasteiger partial charge in [-0.05, 0) is 30.3 Å². The first-order valence-corrected chi connectivity index (χ1v) is 6.28. The van der Waals surface area contributed by atoms with Gasteiger partial charge in [0.15, 0.2) is 5.78 Å². The molecule has 0 saturated carbocycles. The van der Waals surface area contributed by atoms with Crippen molar-refractivity contribution in [3.63, 3.8) is 0 Å². The molecule has 0 aliphatic heterocycles. The van der Waals surface area contributed by atoms with Gasteiger partial charge in [-0.2, -0.15) is 0 Å². The Morgan fingerprint density at radius 3 is 2.85 bits per heavy atom. The Balaban J connectivity index is 1.90. The number of hydrogen-bond donors (Lipinski definition) is 2. The maximum absolute atomic E-state index is 12.0. The first-order chi connectivity index (χ1) is 9.70. The fraction of sp³-hybridized carbons (Fsp3) is 0.200. The maximum atomic E-state index is 12.0. The molecule has 0 amide bonds. The Bertz CT molecular complexity index is 585. The standard InChI is InChI=1S/C15H17N3O2/c1-20-15-6-5-11(8-13(15)16)14(19)10-17-9-12-4-2-3-7-18-12/h2-8,17H,9-10,16H2,1H3. The molecular weight excluding hydrogens is 254 g/mol. The third-order valence-corrected chi connectivity index (χ3v) is 2.87. The van der Waals surface area contributed by atoms with Crippen LogP contribution in [0.3, 0.4) is 0 Å². The second-order valence-corrected chi connectivity index (χ2v) is 4.30. The zero-order valence-electron chi connectivity index (χ0n) is 11.3. The predicted octanol–water partition coefficient (Wildman–Crippen LogP) is 1.64. The molecule has 2 aromatic rings. The van der Waals surface area contributed by atoms with Crippen molar-refractivity contribution >= 4 is 11.5 Å². The zero-order chi connectivity index (χ0) is 14.4. The number of carbonyl (C=O) groups is 1. The van der Waals surface area contributed by atoms with E-state index in [0.717, 1.165) is 5.69 Å². The van der Waals surface area contributed by atoms with Crippen LogP contribution < -0.4 is 15.8 Å². The van der Waals surface area contributed by atoms with Crippen LogP contribution in [-0.4, -0.2) is 24.4 Å². The zero-order valence-corrected chi connectivity index (χ0v) is 11.3. The fourth-order valence-corrected chi connectivity index (χ4v) is 1.82. The average molecular weight is 271 g/mol. The first-order valence-electron chi connectivity index (χ1n) is 6.28. The number of ether oxygens (including phenoxy) is 1. The molecule has 1 aromatic carbocycles. The highest BCUT2D eigenvalue weighted by Crippen LogP contribution is 2.21. The number of nitrogens with two attached hydrogens (primary N) is 1. The van der Waals surface area contributed by atoms with Gasteiger partial charge in [0.2, 0.25) is 0 Å². The summed E-state index contributed by atoms with van der Waals surface area (Å²) in [6.07, 6.45) is 1.73. The summed E-state index contributed by atoms with van der Waals surface area (Å²) in [6.45, 7) is 0.792. The van der Waals surface area contributed by atoms with Gasteiger partial charge in [-0.25, -0.2) is 0 Å². The van der Waals surface area contributed by atoms with E-state index in [2.05, 4.69) is 10.3 Å². The number of nitrogens with zero attached hydrogens (tertiary/aromatic N) is 1. The number of anilines is 1. The number of aromatic nitrogens is 1. The van der Waals surface area contributed by atoms with E-state index in [9.17, 15) is 4.79 Å². The molecule has 3 N–H and O–H groups in total. The molecule has 0 spiro atoms. The lowest BCUT2D eigenvalue weighted by molar-refractivity contribution is 0.0990. The van der Waals surface area contributed by atoms with Crippen molar-refractivity contribution in [2.75, 3.05) is 19.4 Å². The highest BCUT2D eigenvalue weighted by atomic mass is 16.5. The third-order valence-electron chi connectivity index (χ3n) is 2.87. The number of nitrogens with one attached hydrogen (secondary N) is 1. The van der Waals surface area contributed by atoms with E-state index in [4.69, 9.17) is 10.5 Å². The molecule has 0 aliphatic carbocycles. The van der Waals surface area contributed by atoms with Crippen molar-refractivity contribution in [2.45, 2.75) is 6.54 Å². The summed E-state index contributed by atoms with van der Waals surface area (Å²) in [4.78, 5) is 16.2. The van der Waals surface area contributed by atoms with E-state index in [-0.39, 0.29) is 12.3 Å². The molecule has 5 heteroatoms. The minimum absolute atomic E-state index is 0.0183. The molecule has 0 aliphatic rings. The normalized spacial score (nSPS) is 10.2. The molecule has 0 bridgehead atoms. The molecule has 0 saturated heterocycles.